The van der Waals surface area contributed by atoms with Gasteiger partial charge in [-0.05, 0) is 77.6 Å². The summed E-state index contributed by atoms with van der Waals surface area (Å²) in [6, 6.07) is 6.58. The molecule has 10 nitrogen and oxygen atoms in total. The first-order chi connectivity index (χ1) is 23.0. The molecule has 0 aliphatic heterocycles. The number of carbonyl (C=O) groups excluding carboxylic acids is 1. The molecular formula is C33H48F6N6O4. The first kappa shape index (κ1) is 46.5. The topological polar surface area (TPSA) is 125 Å². The van der Waals surface area contributed by atoms with Crippen LogP contribution in [0.2, 0.25) is 0 Å². The molecule has 0 aliphatic carbocycles. The molecule has 1 unspecified atom stereocenters. The summed E-state index contributed by atoms with van der Waals surface area (Å²) in [6.07, 6.45) is -3.70. The molecule has 1 amide bonds. The van der Waals surface area contributed by atoms with Gasteiger partial charge in [0.1, 0.15) is 11.1 Å². The largest absolute Gasteiger partial charge is 0.573 e. The zero-order valence-corrected chi connectivity index (χ0v) is 29.0. The first-order valence-corrected chi connectivity index (χ1v) is 14.7. The Kier molecular flexibility index (Phi) is 23.3. The molecule has 1 aromatic carbocycles. The number of aliphatic imine (C=N–C) groups is 1. The predicted molar refractivity (Wildman–Crippen MR) is 181 cm³/mol. The second-order valence-corrected chi connectivity index (χ2v) is 10.2. The first-order valence-electron chi connectivity index (χ1n) is 14.7. The number of allylic oxidation sites excluding steroid dienone is 3. The number of alkyl halides is 6. The normalized spacial score (nSPS) is 12.2. The Hall–Kier alpha value is -4.60. The van der Waals surface area contributed by atoms with Gasteiger partial charge in [-0.15, -0.1) is 26.3 Å². The molecular weight excluding hydrogens is 658 g/mol. The number of alkyl carbamates (subject to hydrolysis) is 1. The monoisotopic (exact) mass is 706 g/mol. The van der Waals surface area contributed by atoms with Gasteiger partial charge in [-0.3, -0.25) is 14.4 Å². The molecule has 16 heteroatoms. The van der Waals surface area contributed by atoms with E-state index >= 15 is 0 Å². The highest BCUT2D eigenvalue weighted by Gasteiger charge is 2.33. The average Bonchev–Trinajstić information content (AvgIpc) is 3.04. The summed E-state index contributed by atoms with van der Waals surface area (Å²) in [5, 5.41) is 6.99. The van der Waals surface area contributed by atoms with E-state index in [1.54, 1.807) is 46.0 Å². The molecule has 1 heterocycles. The highest BCUT2D eigenvalue weighted by Crippen LogP contribution is 2.36. The fourth-order valence-electron chi connectivity index (χ4n) is 3.33. The summed E-state index contributed by atoms with van der Waals surface area (Å²) in [4.78, 5) is 19.4. The summed E-state index contributed by atoms with van der Waals surface area (Å²) in [6.45, 7) is 18.6. The number of carbonyl (C=O) groups is 1. The van der Waals surface area contributed by atoms with Crippen LogP contribution in [0.4, 0.5) is 31.1 Å². The van der Waals surface area contributed by atoms with E-state index in [4.69, 9.17) is 15.2 Å². The molecule has 0 spiro atoms. The van der Waals surface area contributed by atoms with E-state index in [1.807, 2.05) is 6.92 Å². The fraction of sp³-hybridized carbons (Fsp3) is 0.455. The number of halogens is 6. The van der Waals surface area contributed by atoms with E-state index in [2.05, 4.69) is 44.9 Å². The maximum Gasteiger partial charge on any atom is 0.573 e. The lowest BCUT2D eigenvalue weighted by Gasteiger charge is -2.19. The van der Waals surface area contributed by atoms with Crippen LogP contribution in [0.15, 0.2) is 77.8 Å². The Bertz CT molecular complexity index is 1390. The lowest BCUT2D eigenvalue weighted by atomic mass is 10.1. The van der Waals surface area contributed by atoms with Crippen molar-refractivity contribution in [3.63, 3.8) is 0 Å². The number of aromatic nitrogens is 2. The van der Waals surface area contributed by atoms with Crippen LogP contribution in [-0.4, -0.2) is 74.5 Å². The second kappa shape index (κ2) is 24.5. The molecule has 1 atom stereocenters. The van der Waals surface area contributed by atoms with Crippen LogP contribution in [0.1, 0.15) is 47.1 Å². The van der Waals surface area contributed by atoms with Gasteiger partial charge in [0.25, 0.3) is 6.43 Å². The van der Waals surface area contributed by atoms with Crippen molar-refractivity contribution in [2.24, 2.45) is 15.7 Å². The molecule has 49 heavy (non-hydrogen) atoms. The highest BCUT2D eigenvalue weighted by molar-refractivity contribution is 5.67. The zero-order valence-electron chi connectivity index (χ0n) is 29.0. The molecule has 0 bridgehead atoms. The minimum absolute atomic E-state index is 0.0118. The number of ether oxygens (including phenoxy) is 3. The maximum atomic E-state index is 13.2. The highest BCUT2D eigenvalue weighted by atomic mass is 19.4. The summed E-state index contributed by atoms with van der Waals surface area (Å²) < 4.78 is 90.8. The Morgan fingerprint density at radius 2 is 1.76 bits per heavy atom. The van der Waals surface area contributed by atoms with Crippen molar-refractivity contribution in [1.29, 1.82) is 0 Å². The lowest BCUT2D eigenvalue weighted by Crippen LogP contribution is -2.33. The van der Waals surface area contributed by atoms with E-state index in [-0.39, 0.29) is 35.7 Å². The van der Waals surface area contributed by atoms with Gasteiger partial charge in [-0.2, -0.15) is 5.10 Å². The molecule has 0 saturated heterocycles. The summed E-state index contributed by atoms with van der Waals surface area (Å²) >= 11 is 0. The molecule has 1 aromatic heterocycles. The summed E-state index contributed by atoms with van der Waals surface area (Å²) in [5.41, 5.74) is 4.88. The van der Waals surface area contributed by atoms with Gasteiger partial charge in [0, 0.05) is 24.7 Å². The smallest absolute Gasteiger partial charge is 0.490 e. The van der Waals surface area contributed by atoms with E-state index < -0.39 is 36.3 Å². The fourth-order valence-corrected chi connectivity index (χ4v) is 3.33. The minimum Gasteiger partial charge on any atom is -0.490 e. The Labute approximate surface area is 284 Å². The van der Waals surface area contributed by atoms with Gasteiger partial charge in [-0.25, -0.2) is 18.3 Å². The van der Waals surface area contributed by atoms with Crippen molar-refractivity contribution in [1.82, 2.24) is 15.1 Å². The lowest BCUT2D eigenvalue weighted by molar-refractivity contribution is -0.275. The summed E-state index contributed by atoms with van der Waals surface area (Å²) in [7, 11) is 2.02. The number of nitrogens with two attached hydrogens (primary N) is 1. The Morgan fingerprint density at radius 3 is 2.24 bits per heavy atom. The van der Waals surface area contributed by atoms with E-state index in [0.29, 0.717) is 25.8 Å². The van der Waals surface area contributed by atoms with Crippen LogP contribution in [0.5, 0.6) is 11.5 Å². The SMILES string of the molecule is C/C=N\CN.C=C.C=C(/C=C/C(C)n1nc(-c2ccc(OCCCNC(=O)OC(C)(C)C)c(OC(F)(F)F)c2)ccc1=NC)C(F)F.CF. The van der Waals surface area contributed by atoms with E-state index in [9.17, 15) is 31.1 Å². The molecule has 3 N–H and O–H groups in total. The van der Waals surface area contributed by atoms with Gasteiger partial charge in [0.15, 0.2) is 11.5 Å². The van der Waals surface area contributed by atoms with Crippen molar-refractivity contribution >= 4 is 12.3 Å². The van der Waals surface area contributed by atoms with Crippen molar-refractivity contribution in [3.05, 3.63) is 73.3 Å². The van der Waals surface area contributed by atoms with Crippen LogP contribution < -0.4 is 26.0 Å². The predicted octanol–water partition coefficient (Wildman–Crippen LogP) is 7.59. The van der Waals surface area contributed by atoms with Crippen LogP contribution in [-0.2, 0) is 4.74 Å². The van der Waals surface area contributed by atoms with Gasteiger partial charge < -0.3 is 25.3 Å². The maximum absolute atomic E-state index is 13.2. The van der Waals surface area contributed by atoms with Crippen LogP contribution in [0.25, 0.3) is 11.3 Å². The Morgan fingerprint density at radius 1 is 1.12 bits per heavy atom. The summed E-state index contributed by atoms with van der Waals surface area (Å²) in [5.74, 6) is -0.739. The zero-order chi connectivity index (χ0) is 38.2. The third-order valence-corrected chi connectivity index (χ3v) is 5.32. The average molecular weight is 707 g/mol. The number of rotatable bonds is 12. The van der Waals surface area contributed by atoms with E-state index in [1.165, 1.54) is 36.0 Å². The molecule has 0 saturated carbocycles. The van der Waals surface area contributed by atoms with Crippen LogP contribution in [0, 0.1) is 0 Å². The van der Waals surface area contributed by atoms with Crippen molar-refractivity contribution in [3.8, 4) is 22.8 Å². The second-order valence-electron chi connectivity index (χ2n) is 10.2. The molecule has 2 rings (SSSR count). The number of hydrogen-bond acceptors (Lipinski definition) is 8. The van der Waals surface area contributed by atoms with E-state index in [0.717, 1.165) is 6.07 Å². The molecule has 0 aliphatic rings. The molecule has 2 aromatic rings. The standard InChI is InChI=1S/C27H33F5N4O4.C3H8N2.C2H4.CH3F/c1-17(24(28)29)8-9-18(2)36-23(33-6)13-11-20(35-36)19-10-12-21(22(16-19)39-27(30,31)32)38-15-7-14-34-25(37)40-26(3,4)5;1-2-5-3-4;2*1-2/h8-13,16,18,24H,1,7,14-15H2,2-6H3,(H,34,37);2H,3-4H2,1H3;1-2H2;1H3/b9-8+,33-23?;5-2-;;. The van der Waals surface area contributed by atoms with Crippen molar-refractivity contribution in [2.45, 2.75) is 65.5 Å². The molecule has 0 radical (unpaired) electrons. The number of nitrogens with zero attached hydrogens (tertiary/aromatic N) is 4. The van der Waals surface area contributed by atoms with Crippen LogP contribution >= 0.6 is 0 Å². The number of benzene rings is 1. The quantitative estimate of drug-likeness (QED) is 0.0771. The van der Waals surface area contributed by atoms with Gasteiger partial charge in [0.2, 0.25) is 0 Å². The van der Waals surface area contributed by atoms with Gasteiger partial charge >= 0.3 is 12.5 Å². The number of hydrogen-bond donors (Lipinski definition) is 2. The van der Waals surface area contributed by atoms with Crippen molar-refractivity contribution in [2.75, 3.05) is 34.0 Å². The molecule has 0 fully saturated rings. The van der Waals surface area contributed by atoms with Crippen LogP contribution in [0.3, 0.4) is 0 Å². The van der Waals surface area contributed by atoms with Gasteiger partial charge in [0.05, 0.1) is 32.2 Å². The third kappa shape index (κ3) is 20.4. The number of amides is 1. The Balaban J connectivity index is 0. The molecule has 276 valence electrons. The number of nitrogens with one attached hydrogen (secondary N) is 1. The minimum atomic E-state index is -4.99. The third-order valence-electron chi connectivity index (χ3n) is 5.32. The van der Waals surface area contributed by atoms with Gasteiger partial charge in [-0.1, -0.05) is 18.7 Å². The van der Waals surface area contributed by atoms with Crippen molar-refractivity contribution < 1.29 is 45.3 Å².